The molecule has 7 heteroatoms. The molecule has 3 heterocycles. The van der Waals surface area contributed by atoms with Crippen LogP contribution in [0, 0.1) is 0 Å². The summed E-state index contributed by atoms with van der Waals surface area (Å²) < 4.78 is 6.78. The predicted octanol–water partition coefficient (Wildman–Crippen LogP) is 2.96. The summed E-state index contributed by atoms with van der Waals surface area (Å²) in [6, 6.07) is 2.02. The van der Waals surface area contributed by atoms with Crippen LogP contribution in [0.1, 0.15) is 16.1 Å². The van der Waals surface area contributed by atoms with Gasteiger partial charge in [-0.3, -0.25) is 4.68 Å². The van der Waals surface area contributed by atoms with Gasteiger partial charge < -0.3 is 4.74 Å². The Balaban J connectivity index is 1.63. The van der Waals surface area contributed by atoms with Crippen molar-refractivity contribution in [2.24, 2.45) is 7.05 Å². The minimum atomic E-state index is -0.386. The molecule has 0 aliphatic heterocycles. The smallest absolute Gasteiger partial charge is 0.341 e. The van der Waals surface area contributed by atoms with Crippen LogP contribution < -0.4 is 0 Å². The van der Waals surface area contributed by atoms with E-state index in [2.05, 4.69) is 10.1 Å². The number of carbonyl (C=O) groups is 1. The van der Waals surface area contributed by atoms with E-state index in [1.807, 2.05) is 22.2 Å². The van der Waals surface area contributed by atoms with Crippen molar-refractivity contribution in [2.45, 2.75) is 6.61 Å². The second-order valence-corrected chi connectivity index (χ2v) is 5.77. The van der Waals surface area contributed by atoms with Crippen LogP contribution in [-0.4, -0.2) is 20.7 Å². The number of aryl methyl sites for hydroxylation is 1. The van der Waals surface area contributed by atoms with Gasteiger partial charge >= 0.3 is 5.97 Å². The number of esters is 1. The molecule has 5 nitrogen and oxygen atoms in total. The number of thiophene rings is 1. The first-order valence-corrected chi connectivity index (χ1v) is 7.67. The zero-order valence-electron chi connectivity index (χ0n) is 10.6. The molecule has 102 valence electrons. The molecule has 0 aliphatic rings. The highest BCUT2D eigenvalue weighted by atomic mass is 32.1. The molecule has 3 aromatic heterocycles. The van der Waals surface area contributed by atoms with Gasteiger partial charge in [0.05, 0.1) is 17.5 Å². The Morgan fingerprint density at radius 3 is 3.05 bits per heavy atom. The average Bonchev–Trinajstić information content (AvgIpc) is 3.16. The van der Waals surface area contributed by atoms with E-state index in [9.17, 15) is 4.79 Å². The van der Waals surface area contributed by atoms with Crippen molar-refractivity contribution in [3.8, 4) is 10.6 Å². The van der Waals surface area contributed by atoms with Crippen molar-refractivity contribution in [3.63, 3.8) is 0 Å². The van der Waals surface area contributed by atoms with Crippen LogP contribution in [0.25, 0.3) is 10.6 Å². The highest BCUT2D eigenvalue weighted by Crippen LogP contribution is 2.25. The fourth-order valence-electron chi connectivity index (χ4n) is 1.64. The van der Waals surface area contributed by atoms with Gasteiger partial charge in [0.25, 0.3) is 0 Å². The number of nitrogens with zero attached hydrogens (tertiary/aromatic N) is 3. The summed E-state index contributed by atoms with van der Waals surface area (Å²) in [5.74, 6) is -0.386. The molecule has 0 aliphatic carbocycles. The lowest BCUT2D eigenvalue weighted by Gasteiger charge is -1.99. The molecule has 3 rings (SSSR count). The second-order valence-electron chi connectivity index (χ2n) is 4.13. The molecule has 20 heavy (non-hydrogen) atoms. The molecular weight excluding hydrogens is 294 g/mol. The van der Waals surface area contributed by atoms with Crippen LogP contribution >= 0.6 is 22.7 Å². The van der Waals surface area contributed by atoms with Gasteiger partial charge in [-0.1, -0.05) is 0 Å². The standard InChI is InChI=1S/C13H11N3O2S2/c1-16-5-10(4-14-16)13(17)18-6-11-8-20-12(15-11)9-2-3-19-7-9/h2-5,7-8H,6H2,1H3. The maximum Gasteiger partial charge on any atom is 0.341 e. The quantitative estimate of drug-likeness (QED) is 0.695. The van der Waals surface area contributed by atoms with Crippen molar-refractivity contribution in [1.82, 2.24) is 14.8 Å². The number of hydrogen-bond acceptors (Lipinski definition) is 6. The van der Waals surface area contributed by atoms with Gasteiger partial charge in [0.2, 0.25) is 0 Å². The van der Waals surface area contributed by atoms with Gasteiger partial charge in [0, 0.05) is 29.6 Å². The summed E-state index contributed by atoms with van der Waals surface area (Å²) in [5, 5.41) is 10.8. The van der Waals surface area contributed by atoms with Crippen LogP contribution in [0.4, 0.5) is 0 Å². The first-order valence-electron chi connectivity index (χ1n) is 5.85. The molecule has 0 aromatic carbocycles. The highest BCUT2D eigenvalue weighted by Gasteiger charge is 2.11. The summed E-state index contributed by atoms with van der Waals surface area (Å²) in [6.07, 6.45) is 3.11. The first-order chi connectivity index (χ1) is 9.72. The molecule has 0 fully saturated rings. The van der Waals surface area contributed by atoms with Crippen molar-refractivity contribution >= 4 is 28.6 Å². The van der Waals surface area contributed by atoms with Crippen molar-refractivity contribution in [3.05, 3.63) is 45.9 Å². The lowest BCUT2D eigenvalue weighted by Crippen LogP contribution is -2.04. The van der Waals surface area contributed by atoms with Crippen LogP contribution in [0.15, 0.2) is 34.6 Å². The lowest BCUT2D eigenvalue weighted by molar-refractivity contribution is 0.0468. The zero-order chi connectivity index (χ0) is 13.9. The minimum absolute atomic E-state index is 0.175. The molecule has 0 atom stereocenters. The fraction of sp³-hybridized carbons (Fsp3) is 0.154. The van der Waals surface area contributed by atoms with Crippen LogP contribution in [-0.2, 0) is 18.4 Å². The predicted molar refractivity (Wildman–Crippen MR) is 77.8 cm³/mol. The topological polar surface area (TPSA) is 57.0 Å². The SMILES string of the molecule is Cn1cc(C(=O)OCc2csc(-c3ccsc3)n2)cn1. The van der Waals surface area contributed by atoms with Crippen LogP contribution in [0.2, 0.25) is 0 Å². The monoisotopic (exact) mass is 305 g/mol. The molecule has 3 aromatic rings. The van der Waals surface area contributed by atoms with E-state index in [1.165, 1.54) is 6.20 Å². The summed E-state index contributed by atoms with van der Waals surface area (Å²) in [4.78, 5) is 16.2. The largest absolute Gasteiger partial charge is 0.455 e. The Morgan fingerprint density at radius 2 is 2.35 bits per heavy atom. The second kappa shape index (κ2) is 5.56. The van der Waals surface area contributed by atoms with E-state index in [0.29, 0.717) is 5.56 Å². The molecule has 0 amide bonds. The van der Waals surface area contributed by atoms with Crippen LogP contribution in [0.5, 0.6) is 0 Å². The van der Waals surface area contributed by atoms with E-state index < -0.39 is 0 Å². The van der Waals surface area contributed by atoms with Gasteiger partial charge in [-0.25, -0.2) is 9.78 Å². The molecule has 0 bridgehead atoms. The minimum Gasteiger partial charge on any atom is -0.455 e. The van der Waals surface area contributed by atoms with Gasteiger partial charge in [-0.05, 0) is 11.4 Å². The third-order valence-electron chi connectivity index (χ3n) is 2.61. The first kappa shape index (κ1) is 13.0. The number of thiazole rings is 1. The highest BCUT2D eigenvalue weighted by molar-refractivity contribution is 7.14. The van der Waals surface area contributed by atoms with E-state index in [-0.39, 0.29) is 12.6 Å². The van der Waals surface area contributed by atoms with Gasteiger partial charge in [0.15, 0.2) is 0 Å². The molecule has 0 radical (unpaired) electrons. The summed E-state index contributed by atoms with van der Waals surface area (Å²) in [6.45, 7) is 0.175. The molecule has 0 saturated carbocycles. The van der Waals surface area contributed by atoms with E-state index in [1.54, 1.807) is 40.6 Å². The van der Waals surface area contributed by atoms with E-state index in [0.717, 1.165) is 16.3 Å². The Morgan fingerprint density at radius 1 is 1.45 bits per heavy atom. The van der Waals surface area contributed by atoms with Crippen LogP contribution in [0.3, 0.4) is 0 Å². The number of ether oxygens (including phenoxy) is 1. The van der Waals surface area contributed by atoms with E-state index >= 15 is 0 Å². The summed E-state index contributed by atoms with van der Waals surface area (Å²) >= 11 is 3.18. The lowest BCUT2D eigenvalue weighted by atomic mass is 10.3. The van der Waals surface area contributed by atoms with Gasteiger partial charge in [0.1, 0.15) is 11.6 Å². The zero-order valence-corrected chi connectivity index (χ0v) is 12.3. The third-order valence-corrected chi connectivity index (χ3v) is 4.24. The number of rotatable bonds is 4. The number of carbonyl (C=O) groups excluding carboxylic acids is 1. The Labute approximate surface area is 123 Å². The molecule has 0 saturated heterocycles. The Kier molecular flexibility index (Phi) is 3.62. The maximum atomic E-state index is 11.8. The number of aromatic nitrogens is 3. The fourth-order valence-corrected chi connectivity index (χ4v) is 3.16. The maximum absolute atomic E-state index is 11.8. The molecule has 0 unspecified atom stereocenters. The summed E-state index contributed by atoms with van der Waals surface area (Å²) in [5.41, 5.74) is 2.30. The van der Waals surface area contributed by atoms with Crippen molar-refractivity contribution < 1.29 is 9.53 Å². The molecule has 0 spiro atoms. The Hall–Kier alpha value is -1.99. The molecular formula is C13H11N3O2S2. The van der Waals surface area contributed by atoms with Gasteiger partial charge in [-0.2, -0.15) is 16.4 Å². The average molecular weight is 305 g/mol. The number of hydrogen-bond donors (Lipinski definition) is 0. The third kappa shape index (κ3) is 2.78. The van der Waals surface area contributed by atoms with Crippen molar-refractivity contribution in [2.75, 3.05) is 0 Å². The van der Waals surface area contributed by atoms with Crippen molar-refractivity contribution in [1.29, 1.82) is 0 Å². The molecule has 0 N–H and O–H groups in total. The van der Waals surface area contributed by atoms with Gasteiger partial charge in [-0.15, -0.1) is 11.3 Å². The normalized spacial score (nSPS) is 10.7. The summed E-state index contributed by atoms with van der Waals surface area (Å²) in [7, 11) is 1.75. The van der Waals surface area contributed by atoms with E-state index in [4.69, 9.17) is 4.74 Å². The Bertz CT molecular complexity index is 716.